The number of carbonyl (C=O) groups excluding carboxylic acids is 2. The van der Waals surface area contributed by atoms with Crippen LogP contribution in [-0.4, -0.2) is 47.6 Å². The maximum Gasteiger partial charge on any atom is 0.239 e. The second-order valence-electron chi connectivity index (χ2n) is 8.35. The number of benzene rings is 2. The van der Waals surface area contributed by atoms with Gasteiger partial charge in [0.05, 0.1) is 6.10 Å². The molecule has 2 saturated heterocycles. The highest BCUT2D eigenvalue weighted by Crippen LogP contribution is 2.26. The summed E-state index contributed by atoms with van der Waals surface area (Å²) in [5.74, 6) is -1.04. The van der Waals surface area contributed by atoms with E-state index in [9.17, 15) is 14.7 Å². The van der Waals surface area contributed by atoms with E-state index in [1.54, 1.807) is 29.2 Å². The van der Waals surface area contributed by atoms with Crippen LogP contribution in [0.1, 0.15) is 30.4 Å². The van der Waals surface area contributed by atoms with E-state index in [1.165, 1.54) is 5.56 Å². The van der Waals surface area contributed by atoms with Gasteiger partial charge in [-0.1, -0.05) is 35.9 Å². The van der Waals surface area contributed by atoms with Gasteiger partial charge in [0.15, 0.2) is 0 Å². The lowest BCUT2D eigenvalue weighted by molar-refractivity contribution is -0.132. The fourth-order valence-corrected chi connectivity index (χ4v) is 4.34. The highest BCUT2D eigenvalue weighted by molar-refractivity contribution is 6.30. The van der Waals surface area contributed by atoms with Crippen molar-refractivity contribution in [2.75, 3.05) is 24.5 Å². The van der Waals surface area contributed by atoms with Gasteiger partial charge in [-0.15, -0.1) is 0 Å². The van der Waals surface area contributed by atoms with E-state index >= 15 is 0 Å². The molecule has 6 nitrogen and oxygen atoms in total. The first-order chi connectivity index (χ1) is 15.0. The number of piperidine rings is 1. The van der Waals surface area contributed by atoms with Gasteiger partial charge < -0.3 is 15.3 Å². The van der Waals surface area contributed by atoms with Crippen molar-refractivity contribution in [2.24, 2.45) is 5.92 Å². The first-order valence-corrected chi connectivity index (χ1v) is 11.2. The second-order valence-corrected chi connectivity index (χ2v) is 8.79. The largest absolute Gasteiger partial charge is 0.393 e. The van der Waals surface area contributed by atoms with Gasteiger partial charge in [0, 0.05) is 43.4 Å². The summed E-state index contributed by atoms with van der Waals surface area (Å²) < 4.78 is 0. The topological polar surface area (TPSA) is 72.9 Å². The van der Waals surface area contributed by atoms with Crippen LogP contribution in [0.3, 0.4) is 0 Å². The summed E-state index contributed by atoms with van der Waals surface area (Å²) in [5, 5.41) is 13.1. The van der Waals surface area contributed by atoms with E-state index in [1.807, 2.05) is 12.1 Å². The van der Waals surface area contributed by atoms with Crippen molar-refractivity contribution in [1.82, 2.24) is 10.2 Å². The lowest BCUT2D eigenvalue weighted by Gasteiger charge is -2.29. The number of anilines is 1. The number of nitrogens with one attached hydrogen (secondary N) is 1. The normalized spacial score (nSPS) is 20.3. The Morgan fingerprint density at radius 1 is 0.968 bits per heavy atom. The van der Waals surface area contributed by atoms with Gasteiger partial charge >= 0.3 is 0 Å². The van der Waals surface area contributed by atoms with Crippen molar-refractivity contribution >= 4 is 29.1 Å². The summed E-state index contributed by atoms with van der Waals surface area (Å²) in [6.45, 7) is 3.64. The predicted octanol–water partition coefficient (Wildman–Crippen LogP) is 2.97. The van der Waals surface area contributed by atoms with Crippen LogP contribution in [0.25, 0.3) is 0 Å². The lowest BCUT2D eigenvalue weighted by Crippen LogP contribution is -2.36. The first-order valence-electron chi connectivity index (χ1n) is 10.8. The molecule has 0 spiro atoms. The molecule has 0 saturated carbocycles. The Hall–Kier alpha value is -2.41. The quantitative estimate of drug-likeness (QED) is 0.676. The predicted molar refractivity (Wildman–Crippen MR) is 121 cm³/mol. The summed E-state index contributed by atoms with van der Waals surface area (Å²) in [4.78, 5) is 29.3. The maximum atomic E-state index is 12.7. The molecular weight excluding hydrogens is 414 g/mol. The molecule has 2 aliphatic heterocycles. The minimum atomic E-state index is -0.649. The van der Waals surface area contributed by atoms with E-state index in [0.717, 1.165) is 43.7 Å². The zero-order valence-electron chi connectivity index (χ0n) is 17.5. The fourth-order valence-electron chi connectivity index (χ4n) is 4.21. The molecule has 2 amide bonds. The smallest absolute Gasteiger partial charge is 0.239 e. The highest BCUT2D eigenvalue weighted by atomic mass is 35.5. The highest BCUT2D eigenvalue weighted by Gasteiger charge is 2.37. The number of rotatable bonds is 6. The Morgan fingerprint density at radius 3 is 2.29 bits per heavy atom. The van der Waals surface area contributed by atoms with Crippen LogP contribution in [0.5, 0.6) is 0 Å². The summed E-state index contributed by atoms with van der Waals surface area (Å²) in [6, 6.07) is 15.3. The average molecular weight is 442 g/mol. The monoisotopic (exact) mass is 441 g/mol. The van der Waals surface area contributed by atoms with E-state index < -0.39 is 5.92 Å². The Labute approximate surface area is 187 Å². The number of nitrogens with zero attached hydrogens (tertiary/aromatic N) is 2. The van der Waals surface area contributed by atoms with Crippen LogP contribution in [0.4, 0.5) is 5.69 Å². The zero-order chi connectivity index (χ0) is 21.8. The molecule has 31 heavy (non-hydrogen) atoms. The molecule has 4 rings (SSSR count). The molecule has 0 radical (unpaired) electrons. The van der Waals surface area contributed by atoms with Crippen molar-refractivity contribution in [3.63, 3.8) is 0 Å². The fraction of sp³-hybridized carbons (Fsp3) is 0.417. The molecule has 2 N–H and O–H groups in total. The van der Waals surface area contributed by atoms with Gasteiger partial charge in [-0.25, -0.2) is 0 Å². The Kier molecular flexibility index (Phi) is 6.90. The number of hydrogen-bond donors (Lipinski definition) is 2. The Bertz CT molecular complexity index is 909. The van der Waals surface area contributed by atoms with E-state index in [-0.39, 0.29) is 17.9 Å². The molecule has 1 unspecified atom stereocenters. The molecule has 2 aliphatic rings. The molecule has 2 aromatic rings. The van der Waals surface area contributed by atoms with Gasteiger partial charge in [0.1, 0.15) is 5.92 Å². The number of hydrogen-bond acceptors (Lipinski definition) is 4. The Balaban J connectivity index is 1.26. The SMILES string of the molecule is O=C(NCc1ccc(CN2CCC(O)CC2)cc1)C1CCN(c2ccc(Cl)cc2)C1=O. The molecule has 7 heteroatoms. The molecule has 2 fully saturated rings. The van der Waals surface area contributed by atoms with Crippen molar-refractivity contribution in [1.29, 1.82) is 0 Å². The maximum absolute atomic E-state index is 12.7. The number of aliphatic hydroxyl groups is 1. The molecule has 0 bridgehead atoms. The van der Waals surface area contributed by atoms with Crippen molar-refractivity contribution < 1.29 is 14.7 Å². The van der Waals surface area contributed by atoms with Crippen LogP contribution in [-0.2, 0) is 22.7 Å². The zero-order valence-corrected chi connectivity index (χ0v) is 18.2. The summed E-state index contributed by atoms with van der Waals surface area (Å²) in [5.41, 5.74) is 2.99. The third-order valence-corrected chi connectivity index (χ3v) is 6.37. The minimum absolute atomic E-state index is 0.160. The number of carbonyl (C=O) groups is 2. The van der Waals surface area contributed by atoms with Crippen LogP contribution in [0, 0.1) is 5.92 Å². The van der Waals surface area contributed by atoms with Crippen molar-refractivity contribution in [2.45, 2.75) is 38.5 Å². The van der Waals surface area contributed by atoms with E-state index in [4.69, 9.17) is 11.6 Å². The first kappa shape index (κ1) is 21.8. The average Bonchev–Trinajstić information content (AvgIpc) is 3.16. The number of halogens is 1. The van der Waals surface area contributed by atoms with Crippen molar-refractivity contribution in [3.05, 3.63) is 64.7 Å². The molecule has 2 heterocycles. The van der Waals surface area contributed by atoms with Crippen LogP contribution >= 0.6 is 11.6 Å². The van der Waals surface area contributed by atoms with Gasteiger partial charge in [-0.05, 0) is 54.7 Å². The standard InChI is InChI=1S/C24H28ClN3O3/c25-19-5-7-20(8-6-19)28-14-11-22(24(28)31)23(30)26-15-17-1-3-18(4-2-17)16-27-12-9-21(29)10-13-27/h1-8,21-22,29H,9-16H2,(H,26,30). The van der Waals surface area contributed by atoms with Gasteiger partial charge in [-0.2, -0.15) is 0 Å². The molecule has 164 valence electrons. The lowest BCUT2D eigenvalue weighted by atomic mass is 10.1. The van der Waals surface area contributed by atoms with Gasteiger partial charge in [0.25, 0.3) is 0 Å². The van der Waals surface area contributed by atoms with Crippen LogP contribution in [0.15, 0.2) is 48.5 Å². The van der Waals surface area contributed by atoms with Crippen molar-refractivity contribution in [3.8, 4) is 0 Å². The third-order valence-electron chi connectivity index (χ3n) is 6.11. The minimum Gasteiger partial charge on any atom is -0.393 e. The summed E-state index contributed by atoms with van der Waals surface area (Å²) in [7, 11) is 0. The second kappa shape index (κ2) is 9.81. The molecule has 2 aromatic carbocycles. The Morgan fingerprint density at radius 2 is 1.61 bits per heavy atom. The number of aliphatic hydroxyl groups excluding tert-OH is 1. The van der Waals surface area contributed by atoms with Crippen LogP contribution in [0.2, 0.25) is 5.02 Å². The van der Waals surface area contributed by atoms with E-state index in [2.05, 4.69) is 22.3 Å². The van der Waals surface area contributed by atoms with Gasteiger partial charge in [0.2, 0.25) is 11.8 Å². The number of amides is 2. The molecular formula is C24H28ClN3O3. The summed E-state index contributed by atoms with van der Waals surface area (Å²) >= 11 is 5.92. The third kappa shape index (κ3) is 5.45. The van der Waals surface area contributed by atoms with Gasteiger partial charge in [-0.3, -0.25) is 14.5 Å². The van der Waals surface area contributed by atoms with E-state index in [0.29, 0.717) is 24.5 Å². The number of likely N-dealkylation sites (tertiary alicyclic amines) is 1. The molecule has 1 atom stereocenters. The molecule has 0 aliphatic carbocycles. The molecule has 0 aromatic heterocycles. The van der Waals surface area contributed by atoms with Crippen LogP contribution < -0.4 is 10.2 Å². The summed E-state index contributed by atoms with van der Waals surface area (Å²) in [6.07, 6.45) is 2.02.